The molecule has 1 aliphatic heterocycles. The molecule has 120 valence electrons. The highest BCUT2D eigenvalue weighted by molar-refractivity contribution is 7.17. The third-order valence-corrected chi connectivity index (χ3v) is 5.58. The molecule has 1 aliphatic rings. The van der Waals surface area contributed by atoms with Crippen LogP contribution in [0.15, 0.2) is 58.9 Å². The van der Waals surface area contributed by atoms with Crippen molar-refractivity contribution >= 4 is 33.3 Å². The van der Waals surface area contributed by atoms with E-state index in [1.165, 1.54) is 20.5 Å². The normalized spacial score (nSPS) is 20.7. The Morgan fingerprint density at radius 1 is 1.17 bits per heavy atom. The molecular formula is C19H17N3OS. The number of carbonyl (C=O) groups excluding carboxylic acids is 1. The van der Waals surface area contributed by atoms with Crippen molar-refractivity contribution in [3.05, 3.63) is 59.5 Å². The molecule has 2 heterocycles. The van der Waals surface area contributed by atoms with Gasteiger partial charge in [0.15, 0.2) is 11.5 Å². The van der Waals surface area contributed by atoms with E-state index < -0.39 is 5.54 Å². The van der Waals surface area contributed by atoms with Crippen molar-refractivity contribution in [2.24, 2.45) is 10.7 Å². The molecule has 0 bridgehead atoms. The van der Waals surface area contributed by atoms with Gasteiger partial charge < -0.3 is 5.73 Å². The van der Waals surface area contributed by atoms with Crippen LogP contribution in [0, 0.1) is 0 Å². The van der Waals surface area contributed by atoms with Crippen LogP contribution in [0.3, 0.4) is 0 Å². The highest BCUT2D eigenvalue weighted by Crippen LogP contribution is 2.37. The number of thiophene rings is 1. The average Bonchev–Trinajstić information content (AvgIpc) is 3.11. The van der Waals surface area contributed by atoms with Crippen molar-refractivity contribution in [3.63, 3.8) is 0 Å². The smallest absolute Gasteiger partial charge is 0.261 e. The van der Waals surface area contributed by atoms with Crippen LogP contribution in [0.5, 0.6) is 0 Å². The van der Waals surface area contributed by atoms with Gasteiger partial charge in [0.25, 0.3) is 5.91 Å². The third kappa shape index (κ3) is 2.05. The van der Waals surface area contributed by atoms with E-state index in [1.807, 2.05) is 37.3 Å². The van der Waals surface area contributed by atoms with Gasteiger partial charge in [0.2, 0.25) is 0 Å². The van der Waals surface area contributed by atoms with Crippen LogP contribution in [0.2, 0.25) is 0 Å². The molecule has 1 unspecified atom stereocenters. The topological polar surface area (TPSA) is 58.7 Å². The summed E-state index contributed by atoms with van der Waals surface area (Å²) in [5.41, 5.74) is 8.01. The molecule has 0 saturated heterocycles. The molecule has 5 heteroatoms. The van der Waals surface area contributed by atoms with E-state index in [0.29, 0.717) is 0 Å². The van der Waals surface area contributed by atoms with Gasteiger partial charge >= 0.3 is 0 Å². The van der Waals surface area contributed by atoms with E-state index in [4.69, 9.17) is 5.73 Å². The molecule has 3 aromatic rings. The van der Waals surface area contributed by atoms with Gasteiger partial charge in [-0.3, -0.25) is 9.69 Å². The van der Waals surface area contributed by atoms with E-state index in [0.717, 1.165) is 11.1 Å². The lowest BCUT2D eigenvalue weighted by Crippen LogP contribution is -2.38. The lowest BCUT2D eigenvalue weighted by atomic mass is 9.89. The second-order valence-corrected chi connectivity index (χ2v) is 7.04. The molecule has 2 N–H and O–H groups in total. The molecule has 0 fully saturated rings. The molecule has 0 saturated carbocycles. The highest BCUT2D eigenvalue weighted by Gasteiger charge is 2.43. The zero-order valence-electron chi connectivity index (χ0n) is 13.5. The predicted molar refractivity (Wildman–Crippen MR) is 99.0 cm³/mol. The summed E-state index contributed by atoms with van der Waals surface area (Å²) < 4.78 is 1.25. The van der Waals surface area contributed by atoms with E-state index in [-0.39, 0.29) is 11.9 Å². The van der Waals surface area contributed by atoms with Crippen LogP contribution >= 0.6 is 11.3 Å². The van der Waals surface area contributed by atoms with Crippen LogP contribution in [-0.4, -0.2) is 23.8 Å². The first-order valence-corrected chi connectivity index (χ1v) is 8.59. The minimum atomic E-state index is -0.958. The zero-order valence-corrected chi connectivity index (χ0v) is 14.3. The fourth-order valence-electron chi connectivity index (χ4n) is 3.16. The number of guanidine groups is 1. The number of amides is 1. The molecule has 0 spiro atoms. The molecule has 0 radical (unpaired) electrons. The highest BCUT2D eigenvalue weighted by atomic mass is 32.1. The van der Waals surface area contributed by atoms with Crippen molar-refractivity contribution in [2.45, 2.75) is 12.5 Å². The maximum Gasteiger partial charge on any atom is 0.261 e. The van der Waals surface area contributed by atoms with Gasteiger partial charge in [0, 0.05) is 22.7 Å². The van der Waals surface area contributed by atoms with Gasteiger partial charge in [0.1, 0.15) is 0 Å². The summed E-state index contributed by atoms with van der Waals surface area (Å²) in [4.78, 5) is 18.4. The number of carbonyl (C=O) groups is 1. The van der Waals surface area contributed by atoms with Crippen LogP contribution in [0.1, 0.15) is 12.5 Å². The second-order valence-electron chi connectivity index (χ2n) is 6.13. The molecule has 4 rings (SSSR count). The number of fused-ring (bicyclic) bond motifs is 1. The maximum atomic E-state index is 12.6. The van der Waals surface area contributed by atoms with Gasteiger partial charge in [-0.05, 0) is 35.6 Å². The average molecular weight is 335 g/mol. The number of likely N-dealkylation sites (N-methyl/N-ethyl adjacent to an activating group) is 1. The van der Waals surface area contributed by atoms with Gasteiger partial charge in [-0.2, -0.15) is 0 Å². The van der Waals surface area contributed by atoms with E-state index >= 15 is 0 Å². The molecule has 4 nitrogen and oxygen atoms in total. The van der Waals surface area contributed by atoms with Crippen LogP contribution in [0.4, 0.5) is 0 Å². The van der Waals surface area contributed by atoms with Crippen molar-refractivity contribution in [3.8, 4) is 11.1 Å². The Kier molecular flexibility index (Phi) is 3.21. The van der Waals surface area contributed by atoms with Crippen molar-refractivity contribution < 1.29 is 4.79 Å². The Labute approximate surface area is 144 Å². The Bertz CT molecular complexity index is 991. The number of hydrogen-bond donors (Lipinski definition) is 1. The summed E-state index contributed by atoms with van der Waals surface area (Å²) in [6.07, 6.45) is 0. The first-order valence-electron chi connectivity index (χ1n) is 7.71. The third-order valence-electron chi connectivity index (χ3n) is 4.62. The number of hydrogen-bond acceptors (Lipinski definition) is 4. The minimum Gasteiger partial charge on any atom is -0.369 e. The Morgan fingerprint density at radius 3 is 2.71 bits per heavy atom. The van der Waals surface area contributed by atoms with E-state index in [2.05, 4.69) is 28.6 Å². The van der Waals surface area contributed by atoms with Gasteiger partial charge in [-0.1, -0.05) is 36.4 Å². The summed E-state index contributed by atoms with van der Waals surface area (Å²) >= 11 is 1.72. The lowest BCUT2D eigenvalue weighted by molar-refractivity contribution is -0.130. The monoisotopic (exact) mass is 335 g/mol. The zero-order chi connectivity index (χ0) is 16.9. The van der Waals surface area contributed by atoms with E-state index in [1.54, 1.807) is 18.4 Å². The number of benzene rings is 2. The molecule has 1 aromatic heterocycles. The van der Waals surface area contributed by atoms with Crippen molar-refractivity contribution in [1.29, 1.82) is 0 Å². The molecule has 24 heavy (non-hydrogen) atoms. The maximum absolute atomic E-state index is 12.6. The SMILES string of the molecule is CN1C(=O)C(C)(c2cccc(-c3csc4ccccc34)c2)N=C1N. The molecule has 2 aromatic carbocycles. The summed E-state index contributed by atoms with van der Waals surface area (Å²) in [7, 11) is 1.66. The van der Waals surface area contributed by atoms with Crippen molar-refractivity contribution in [1.82, 2.24) is 4.90 Å². The second kappa shape index (κ2) is 5.18. The number of aliphatic imine (C=N–C) groups is 1. The lowest BCUT2D eigenvalue weighted by Gasteiger charge is -2.21. The Morgan fingerprint density at radius 2 is 1.96 bits per heavy atom. The summed E-state index contributed by atoms with van der Waals surface area (Å²) in [5.74, 6) is 0.154. The first kappa shape index (κ1) is 14.9. The fraction of sp³-hybridized carbons (Fsp3) is 0.158. The fourth-order valence-corrected chi connectivity index (χ4v) is 4.13. The summed E-state index contributed by atoms with van der Waals surface area (Å²) in [6.45, 7) is 1.82. The summed E-state index contributed by atoms with van der Waals surface area (Å²) in [5, 5.41) is 3.38. The van der Waals surface area contributed by atoms with Gasteiger partial charge in [0.05, 0.1) is 0 Å². The Hall–Kier alpha value is -2.66. The number of rotatable bonds is 2. The molecule has 1 atom stereocenters. The van der Waals surface area contributed by atoms with Crippen molar-refractivity contribution in [2.75, 3.05) is 7.05 Å². The largest absolute Gasteiger partial charge is 0.369 e. The van der Waals surface area contributed by atoms with Crippen LogP contribution in [0.25, 0.3) is 21.2 Å². The standard InChI is InChI=1S/C19H17N3OS/c1-19(17(23)22(2)18(20)21-19)13-7-5-6-12(10-13)15-11-24-16-9-4-3-8-14(15)16/h3-11H,1-2H3,(H2,20,21). The van der Waals surface area contributed by atoms with Crippen LogP contribution in [-0.2, 0) is 10.3 Å². The molecule has 0 aliphatic carbocycles. The molecule has 1 amide bonds. The number of nitrogens with two attached hydrogens (primary N) is 1. The predicted octanol–water partition coefficient (Wildman–Crippen LogP) is 3.57. The molecular weight excluding hydrogens is 318 g/mol. The first-order chi connectivity index (χ1) is 11.5. The minimum absolute atomic E-state index is 0.104. The Balaban J connectivity index is 1.85. The quantitative estimate of drug-likeness (QED) is 0.778. The van der Waals surface area contributed by atoms with Crippen LogP contribution < -0.4 is 5.73 Å². The number of nitrogens with zero attached hydrogens (tertiary/aromatic N) is 2. The summed E-state index contributed by atoms with van der Waals surface area (Å²) in [6, 6.07) is 16.4. The van der Waals surface area contributed by atoms with E-state index in [9.17, 15) is 4.79 Å². The van der Waals surface area contributed by atoms with Gasteiger partial charge in [-0.25, -0.2) is 4.99 Å². The van der Waals surface area contributed by atoms with Gasteiger partial charge in [-0.15, -0.1) is 11.3 Å².